The predicted octanol–water partition coefficient (Wildman–Crippen LogP) is 4.42. The zero-order chi connectivity index (χ0) is 14.1. The topological polar surface area (TPSA) is 24.7 Å². The van der Waals surface area contributed by atoms with Gasteiger partial charge in [0.1, 0.15) is 0 Å². The van der Waals surface area contributed by atoms with Crippen LogP contribution in [0.1, 0.15) is 0 Å². The summed E-state index contributed by atoms with van der Waals surface area (Å²) >= 11 is 0. The molecule has 0 saturated carbocycles. The highest BCUT2D eigenvalue weighted by Gasteiger charge is 2.17. The van der Waals surface area contributed by atoms with E-state index in [9.17, 15) is 0 Å². The summed E-state index contributed by atoms with van der Waals surface area (Å²) in [4.78, 5) is 9.16. The summed E-state index contributed by atoms with van der Waals surface area (Å²) in [5, 5.41) is 2.38. The summed E-state index contributed by atoms with van der Waals surface area (Å²) in [6, 6.07) is 14.7. The van der Waals surface area contributed by atoms with Gasteiger partial charge in [0.15, 0.2) is 0 Å². The second-order valence-corrected chi connectivity index (χ2v) is 5.13. The molecule has 2 aliphatic rings. The third-order valence-electron chi connectivity index (χ3n) is 3.82. The van der Waals surface area contributed by atoms with Crippen molar-refractivity contribution < 1.29 is 0 Å². The van der Waals surface area contributed by atoms with Crippen LogP contribution < -0.4 is 0 Å². The van der Waals surface area contributed by atoms with Gasteiger partial charge in [-0.1, -0.05) is 60.7 Å². The Labute approximate surface area is 123 Å². The van der Waals surface area contributed by atoms with E-state index in [1.165, 1.54) is 16.3 Å². The summed E-state index contributed by atoms with van der Waals surface area (Å²) in [7, 11) is 0. The van der Waals surface area contributed by atoms with Gasteiger partial charge in [-0.05, 0) is 17.0 Å². The summed E-state index contributed by atoms with van der Waals surface area (Å²) in [6.45, 7) is 0. The van der Waals surface area contributed by atoms with E-state index in [1.54, 1.807) is 0 Å². The SMILES string of the molecule is C1=CC2=C(C=Nc3cccc4ccccc34)C=NC2C=C1. The maximum atomic E-state index is 4.68. The van der Waals surface area contributed by atoms with Crippen LogP contribution in [0.4, 0.5) is 5.69 Å². The molecule has 0 spiro atoms. The van der Waals surface area contributed by atoms with Crippen LogP contribution in [0.15, 0.2) is 87.9 Å². The average Bonchev–Trinajstić information content (AvgIpc) is 2.96. The van der Waals surface area contributed by atoms with Crippen molar-refractivity contribution in [1.29, 1.82) is 0 Å². The van der Waals surface area contributed by atoms with E-state index >= 15 is 0 Å². The normalized spacial score (nSPS) is 19.9. The lowest BCUT2D eigenvalue weighted by atomic mass is 10.0. The molecular formula is C19H14N2. The molecule has 2 aromatic carbocycles. The number of hydrogen-bond donors (Lipinski definition) is 0. The van der Waals surface area contributed by atoms with Crippen LogP contribution >= 0.6 is 0 Å². The molecule has 2 nitrogen and oxygen atoms in total. The molecule has 0 N–H and O–H groups in total. The third kappa shape index (κ3) is 2.15. The van der Waals surface area contributed by atoms with Gasteiger partial charge in [-0.25, -0.2) is 0 Å². The van der Waals surface area contributed by atoms with E-state index in [1.807, 2.05) is 48.8 Å². The molecule has 2 aromatic rings. The van der Waals surface area contributed by atoms with Crippen molar-refractivity contribution in [3.8, 4) is 0 Å². The molecule has 0 bridgehead atoms. The summed E-state index contributed by atoms with van der Waals surface area (Å²) in [5.41, 5.74) is 3.31. The lowest BCUT2D eigenvalue weighted by molar-refractivity contribution is 1.000. The van der Waals surface area contributed by atoms with Gasteiger partial charge in [0.25, 0.3) is 0 Å². The molecule has 100 valence electrons. The van der Waals surface area contributed by atoms with Crippen molar-refractivity contribution in [1.82, 2.24) is 0 Å². The highest BCUT2D eigenvalue weighted by Crippen LogP contribution is 2.27. The minimum atomic E-state index is 0.170. The van der Waals surface area contributed by atoms with Crippen LogP contribution in [0.2, 0.25) is 0 Å². The van der Waals surface area contributed by atoms with E-state index in [-0.39, 0.29) is 6.04 Å². The van der Waals surface area contributed by atoms with Crippen LogP contribution in [-0.4, -0.2) is 18.5 Å². The fraction of sp³-hybridized carbons (Fsp3) is 0.0526. The fourth-order valence-corrected chi connectivity index (χ4v) is 2.73. The molecule has 2 heteroatoms. The summed E-state index contributed by atoms with van der Waals surface area (Å²) in [5.74, 6) is 0. The molecule has 0 aromatic heterocycles. The molecule has 0 saturated heterocycles. The van der Waals surface area contributed by atoms with Gasteiger partial charge in [-0.3, -0.25) is 9.98 Å². The monoisotopic (exact) mass is 270 g/mol. The van der Waals surface area contributed by atoms with Crippen molar-refractivity contribution >= 4 is 28.9 Å². The Morgan fingerprint density at radius 2 is 1.90 bits per heavy atom. The standard InChI is InChI=1S/C19H14N2/c1-2-8-16-14(6-1)7-5-11-19(16)21-13-15-12-20-18-10-4-3-9-17(15)18/h1-13,18H. The number of aliphatic imine (C=N–C) groups is 2. The molecule has 0 amide bonds. The van der Waals surface area contributed by atoms with E-state index in [0.717, 1.165) is 11.3 Å². The smallest absolute Gasteiger partial charge is 0.0940 e. The summed E-state index contributed by atoms with van der Waals surface area (Å²) in [6.07, 6.45) is 12.1. The zero-order valence-electron chi connectivity index (χ0n) is 11.5. The first kappa shape index (κ1) is 12.0. The van der Waals surface area contributed by atoms with Gasteiger partial charge in [-0.15, -0.1) is 0 Å². The van der Waals surface area contributed by atoms with Crippen LogP contribution in [0, 0.1) is 0 Å². The van der Waals surface area contributed by atoms with Crippen molar-refractivity contribution in [2.45, 2.75) is 6.04 Å². The molecule has 1 aliphatic heterocycles. The first-order valence-electron chi connectivity index (χ1n) is 7.06. The van der Waals surface area contributed by atoms with Gasteiger partial charge in [0, 0.05) is 23.4 Å². The molecule has 21 heavy (non-hydrogen) atoms. The van der Waals surface area contributed by atoms with Crippen LogP contribution in [-0.2, 0) is 0 Å². The largest absolute Gasteiger partial charge is 0.280 e. The highest BCUT2D eigenvalue weighted by molar-refractivity contribution is 6.09. The number of rotatable bonds is 2. The molecular weight excluding hydrogens is 256 g/mol. The Bertz CT molecular complexity index is 846. The quantitative estimate of drug-likeness (QED) is 0.722. The average molecular weight is 270 g/mol. The Hall–Kier alpha value is -2.74. The fourth-order valence-electron chi connectivity index (χ4n) is 2.73. The van der Waals surface area contributed by atoms with Gasteiger partial charge >= 0.3 is 0 Å². The van der Waals surface area contributed by atoms with Gasteiger partial charge in [0.05, 0.1) is 11.7 Å². The third-order valence-corrected chi connectivity index (χ3v) is 3.82. The zero-order valence-corrected chi connectivity index (χ0v) is 11.5. The predicted molar refractivity (Wildman–Crippen MR) is 89.7 cm³/mol. The van der Waals surface area contributed by atoms with Crippen LogP contribution in [0.5, 0.6) is 0 Å². The first-order valence-corrected chi connectivity index (χ1v) is 7.06. The van der Waals surface area contributed by atoms with Gasteiger partial charge in [-0.2, -0.15) is 0 Å². The van der Waals surface area contributed by atoms with Crippen molar-refractivity contribution in [3.63, 3.8) is 0 Å². The molecule has 1 aliphatic carbocycles. The lowest BCUT2D eigenvalue weighted by Gasteiger charge is -2.07. The number of allylic oxidation sites excluding steroid dienone is 3. The Kier molecular flexibility index (Phi) is 2.86. The first-order chi connectivity index (χ1) is 10.4. The van der Waals surface area contributed by atoms with E-state index in [0.29, 0.717) is 0 Å². The number of nitrogens with zero attached hydrogens (tertiary/aromatic N) is 2. The van der Waals surface area contributed by atoms with E-state index < -0.39 is 0 Å². The van der Waals surface area contributed by atoms with Crippen molar-refractivity contribution in [2.24, 2.45) is 9.98 Å². The van der Waals surface area contributed by atoms with Crippen LogP contribution in [0.25, 0.3) is 10.8 Å². The molecule has 1 atom stereocenters. The number of hydrogen-bond acceptors (Lipinski definition) is 2. The second kappa shape index (κ2) is 4.98. The lowest BCUT2D eigenvalue weighted by Crippen LogP contribution is -2.02. The number of benzene rings is 2. The van der Waals surface area contributed by atoms with Crippen molar-refractivity contribution in [3.05, 3.63) is 77.9 Å². The minimum Gasteiger partial charge on any atom is -0.280 e. The molecule has 1 heterocycles. The van der Waals surface area contributed by atoms with Gasteiger partial charge in [0.2, 0.25) is 0 Å². The van der Waals surface area contributed by atoms with Crippen molar-refractivity contribution in [2.75, 3.05) is 0 Å². The Morgan fingerprint density at radius 3 is 2.90 bits per heavy atom. The Balaban J connectivity index is 1.74. The van der Waals surface area contributed by atoms with E-state index in [4.69, 9.17) is 0 Å². The Morgan fingerprint density at radius 1 is 1.00 bits per heavy atom. The molecule has 1 unspecified atom stereocenters. The maximum absolute atomic E-state index is 4.68. The maximum Gasteiger partial charge on any atom is 0.0940 e. The molecule has 0 radical (unpaired) electrons. The van der Waals surface area contributed by atoms with E-state index in [2.05, 4.69) is 40.3 Å². The van der Waals surface area contributed by atoms with Crippen LogP contribution in [0.3, 0.4) is 0 Å². The minimum absolute atomic E-state index is 0.170. The molecule has 4 rings (SSSR count). The molecule has 0 fully saturated rings. The highest BCUT2D eigenvalue weighted by atomic mass is 14.8. The summed E-state index contributed by atoms with van der Waals surface area (Å²) < 4.78 is 0. The van der Waals surface area contributed by atoms with Gasteiger partial charge < -0.3 is 0 Å². The number of fused-ring (bicyclic) bond motifs is 2. The second-order valence-electron chi connectivity index (χ2n) is 5.13.